The number of nitrogens with zero attached hydrogens (tertiary/aromatic N) is 2. The molecule has 2 aromatic carbocycles. The Hall–Kier alpha value is -4.13. The molecule has 2 aromatic rings. The zero-order chi connectivity index (χ0) is 30.6. The van der Waals surface area contributed by atoms with E-state index in [0.717, 1.165) is 17.6 Å². The molecule has 0 fully saturated rings. The van der Waals surface area contributed by atoms with Gasteiger partial charge in [0.1, 0.15) is 23.9 Å². The molecule has 1 heterocycles. The fourth-order valence-electron chi connectivity index (χ4n) is 4.65. The molecule has 0 spiro atoms. The molecule has 0 atom stereocenters. The summed E-state index contributed by atoms with van der Waals surface area (Å²) in [6.45, 7) is 6.81. The highest BCUT2D eigenvalue weighted by Crippen LogP contribution is 2.36. The lowest BCUT2D eigenvalue weighted by molar-refractivity contribution is -0.138. The molecule has 0 unspecified atom stereocenters. The third-order valence-electron chi connectivity index (χ3n) is 6.68. The van der Waals surface area contributed by atoms with Gasteiger partial charge in [-0.3, -0.25) is 24.7 Å². The Balaban J connectivity index is 0.00000616. The largest absolute Gasteiger partial charge is 0.507 e. The van der Waals surface area contributed by atoms with Crippen LogP contribution in [0.5, 0.6) is 11.5 Å². The number of ether oxygens (including phenoxy) is 2. The summed E-state index contributed by atoms with van der Waals surface area (Å²) in [6.07, 6.45) is -0.897. The quantitative estimate of drug-likeness (QED) is 0.281. The van der Waals surface area contributed by atoms with E-state index in [2.05, 4.69) is 5.32 Å². The van der Waals surface area contributed by atoms with Gasteiger partial charge in [0.15, 0.2) is 5.78 Å². The van der Waals surface area contributed by atoms with Crippen molar-refractivity contribution in [2.24, 2.45) is 0 Å². The van der Waals surface area contributed by atoms with E-state index in [4.69, 9.17) is 14.9 Å². The molecule has 0 radical (unpaired) electrons. The number of aromatic hydroxyl groups is 1. The SMILES string of the molecule is Br.CCOc1cc2c(cc1C(=O)NC)C(=N)N(CC(=O)c1cc(CN(CC(=O)O)C(=O)OC)c(O)c(C(C)(C)C)c1)C2. The second kappa shape index (κ2) is 13.7. The summed E-state index contributed by atoms with van der Waals surface area (Å²) in [5.41, 5.74) is 1.81. The number of halogens is 1. The maximum atomic E-state index is 13.6. The van der Waals surface area contributed by atoms with Gasteiger partial charge in [-0.05, 0) is 42.2 Å². The van der Waals surface area contributed by atoms with Crippen molar-refractivity contribution < 1.29 is 38.9 Å². The van der Waals surface area contributed by atoms with Crippen LogP contribution in [0.15, 0.2) is 24.3 Å². The molecule has 0 aromatic heterocycles. The van der Waals surface area contributed by atoms with Crippen LogP contribution in [0.4, 0.5) is 4.79 Å². The van der Waals surface area contributed by atoms with Gasteiger partial charge in [-0.25, -0.2) is 4.79 Å². The molecule has 42 heavy (non-hydrogen) atoms. The highest BCUT2D eigenvalue weighted by atomic mass is 79.9. The summed E-state index contributed by atoms with van der Waals surface area (Å²) in [4.78, 5) is 52.0. The van der Waals surface area contributed by atoms with Crippen molar-refractivity contribution in [2.75, 3.05) is 33.9 Å². The van der Waals surface area contributed by atoms with E-state index in [-0.39, 0.29) is 71.0 Å². The predicted molar refractivity (Wildman–Crippen MR) is 160 cm³/mol. The van der Waals surface area contributed by atoms with Crippen LogP contribution in [0.3, 0.4) is 0 Å². The Morgan fingerprint density at radius 1 is 1.14 bits per heavy atom. The molecule has 228 valence electrons. The Labute approximate surface area is 254 Å². The van der Waals surface area contributed by atoms with Gasteiger partial charge >= 0.3 is 12.1 Å². The number of nitrogens with one attached hydrogen (secondary N) is 2. The number of carboxylic acids is 1. The number of benzene rings is 2. The number of carbonyl (C=O) groups is 4. The topological polar surface area (TPSA) is 170 Å². The van der Waals surface area contributed by atoms with Gasteiger partial charge in [-0.2, -0.15) is 0 Å². The normalized spacial score (nSPS) is 12.2. The zero-order valence-electron chi connectivity index (χ0n) is 24.5. The first-order valence-corrected chi connectivity index (χ1v) is 13.0. The lowest BCUT2D eigenvalue weighted by Crippen LogP contribution is -2.35. The van der Waals surface area contributed by atoms with Crippen LogP contribution in [0, 0.1) is 5.41 Å². The number of Topliss-reactive ketones (excluding diaryl/α,β-unsaturated/α-hetero) is 1. The molecular formula is C29H37BrN4O8. The van der Waals surface area contributed by atoms with Crippen molar-refractivity contribution in [1.29, 1.82) is 5.41 Å². The van der Waals surface area contributed by atoms with E-state index in [0.29, 0.717) is 29.0 Å². The highest BCUT2D eigenvalue weighted by molar-refractivity contribution is 8.93. The van der Waals surface area contributed by atoms with Gasteiger partial charge < -0.3 is 29.9 Å². The lowest BCUT2D eigenvalue weighted by atomic mass is 9.83. The van der Waals surface area contributed by atoms with Gasteiger partial charge in [0.2, 0.25) is 0 Å². The number of carboxylic acid groups (broad SMARTS) is 1. The van der Waals surface area contributed by atoms with E-state index >= 15 is 0 Å². The van der Waals surface area contributed by atoms with Gasteiger partial charge in [0.25, 0.3) is 5.91 Å². The third kappa shape index (κ3) is 7.38. The molecule has 1 aliphatic heterocycles. The lowest BCUT2D eigenvalue weighted by Gasteiger charge is -2.26. The Morgan fingerprint density at radius 2 is 1.81 bits per heavy atom. The summed E-state index contributed by atoms with van der Waals surface area (Å²) >= 11 is 0. The Kier molecular flexibility index (Phi) is 11.1. The number of hydrogen-bond acceptors (Lipinski definition) is 8. The molecule has 0 aliphatic carbocycles. The van der Waals surface area contributed by atoms with Gasteiger partial charge in [-0.1, -0.05) is 20.8 Å². The van der Waals surface area contributed by atoms with Gasteiger partial charge in [-0.15, -0.1) is 17.0 Å². The number of rotatable bonds is 10. The second-order valence-electron chi connectivity index (χ2n) is 10.6. The smallest absolute Gasteiger partial charge is 0.410 e. The van der Waals surface area contributed by atoms with E-state index < -0.39 is 24.0 Å². The first kappa shape index (κ1) is 34.1. The van der Waals surface area contributed by atoms with Crippen LogP contribution in [0.1, 0.15) is 70.7 Å². The molecular weight excluding hydrogens is 612 g/mol. The van der Waals surface area contributed by atoms with Crippen LogP contribution in [-0.2, 0) is 28.0 Å². The van der Waals surface area contributed by atoms with E-state index in [1.165, 1.54) is 13.1 Å². The van der Waals surface area contributed by atoms with Crippen LogP contribution in [0.25, 0.3) is 0 Å². The van der Waals surface area contributed by atoms with Crippen molar-refractivity contribution in [3.63, 3.8) is 0 Å². The fraction of sp³-hybridized carbons (Fsp3) is 0.414. The van der Waals surface area contributed by atoms with Crippen LogP contribution < -0.4 is 10.1 Å². The minimum atomic E-state index is -1.27. The molecule has 0 saturated heterocycles. The number of carbonyl (C=O) groups excluding carboxylic acids is 3. The van der Waals surface area contributed by atoms with E-state index in [1.54, 1.807) is 30.0 Å². The number of amidine groups is 1. The third-order valence-corrected chi connectivity index (χ3v) is 6.68. The zero-order valence-corrected chi connectivity index (χ0v) is 26.2. The van der Waals surface area contributed by atoms with Crippen molar-refractivity contribution in [2.45, 2.75) is 46.2 Å². The highest BCUT2D eigenvalue weighted by Gasteiger charge is 2.31. The number of phenols is 1. The molecule has 3 rings (SSSR count). The first-order valence-electron chi connectivity index (χ1n) is 13.0. The minimum Gasteiger partial charge on any atom is -0.507 e. The molecule has 2 amide bonds. The summed E-state index contributed by atoms with van der Waals surface area (Å²) in [7, 11) is 2.63. The number of amides is 2. The van der Waals surface area contributed by atoms with Crippen molar-refractivity contribution >= 4 is 46.6 Å². The molecule has 13 heteroatoms. The fourth-order valence-corrected chi connectivity index (χ4v) is 4.65. The van der Waals surface area contributed by atoms with Crippen molar-refractivity contribution in [3.05, 3.63) is 57.6 Å². The van der Waals surface area contributed by atoms with Crippen molar-refractivity contribution in [3.8, 4) is 11.5 Å². The Morgan fingerprint density at radius 3 is 2.36 bits per heavy atom. The maximum absolute atomic E-state index is 13.6. The molecule has 4 N–H and O–H groups in total. The minimum absolute atomic E-state index is 0. The first-order chi connectivity index (χ1) is 19.2. The molecule has 12 nitrogen and oxygen atoms in total. The number of ketones is 1. The summed E-state index contributed by atoms with van der Waals surface area (Å²) in [5, 5.41) is 31.6. The van der Waals surface area contributed by atoms with E-state index in [1.807, 2.05) is 20.8 Å². The standard InChI is InChI=1S/C29H36N4O8.BrH/c1-7-41-23-10-17-12-32(26(30)19(17)11-20(23)27(38)31-5)14-22(34)16-8-18(25(37)21(9-16)29(2,3)4)13-33(15-24(35)36)28(39)40-6;/h8-11,30,37H,7,12-15H2,1-6H3,(H,31,38)(H,35,36);1H. The number of fused-ring (bicyclic) bond motifs is 1. The number of methoxy groups -OCH3 is 1. The van der Waals surface area contributed by atoms with Gasteiger partial charge in [0, 0.05) is 35.8 Å². The molecule has 0 saturated carbocycles. The summed E-state index contributed by atoms with van der Waals surface area (Å²) < 4.78 is 10.3. The average molecular weight is 650 g/mol. The van der Waals surface area contributed by atoms with Crippen LogP contribution >= 0.6 is 17.0 Å². The summed E-state index contributed by atoms with van der Waals surface area (Å²) in [5.74, 6) is -1.66. The van der Waals surface area contributed by atoms with Crippen molar-refractivity contribution in [1.82, 2.24) is 15.1 Å². The average Bonchev–Trinajstić information content (AvgIpc) is 3.20. The van der Waals surface area contributed by atoms with E-state index in [9.17, 15) is 29.4 Å². The van der Waals surface area contributed by atoms with Crippen LogP contribution in [0.2, 0.25) is 0 Å². The number of hydrogen-bond donors (Lipinski definition) is 4. The number of phenolic OH excluding ortho intramolecular Hbond substituents is 1. The predicted octanol–water partition coefficient (Wildman–Crippen LogP) is 3.70. The second-order valence-corrected chi connectivity index (χ2v) is 10.6. The Bertz CT molecular complexity index is 1400. The molecule has 0 bridgehead atoms. The van der Waals surface area contributed by atoms with Gasteiger partial charge in [0.05, 0.1) is 32.4 Å². The number of aliphatic carboxylic acids is 1. The monoisotopic (exact) mass is 648 g/mol. The maximum Gasteiger partial charge on any atom is 0.410 e. The summed E-state index contributed by atoms with van der Waals surface area (Å²) in [6, 6.07) is 6.30. The van der Waals surface area contributed by atoms with Crippen LogP contribution in [-0.4, -0.2) is 83.5 Å². The molecule has 1 aliphatic rings.